The fourth-order valence-electron chi connectivity index (χ4n) is 3.89. The third kappa shape index (κ3) is 5.09. The third-order valence-corrected chi connectivity index (χ3v) is 7.75. The van der Waals surface area contributed by atoms with E-state index in [4.69, 9.17) is 26.1 Å². The number of hydrogen-bond donors (Lipinski definition) is 2. The average Bonchev–Trinajstić information content (AvgIpc) is 3.34. The standard InChI is InChI=1S/C24H27N3O6S2/c1-23(2,3)21(28)24(25,13-15-4-7-17(8-5-15)35(29,30)33-26)22-27-18(14-34-22)16-6-9-19-20(12-16)32-11-10-31-19/h4-9,12,14H,10-11,13,25-26H2,1-3H3/t24-/m0/s1. The number of aromatic nitrogens is 1. The maximum Gasteiger partial charge on any atom is 0.312 e. The molecule has 4 N–H and O–H groups in total. The molecule has 0 saturated heterocycles. The molecule has 0 radical (unpaired) electrons. The number of ether oxygens (including phenoxy) is 2. The SMILES string of the molecule is CC(C)(C)C(=O)[C@@](N)(Cc1ccc(S(=O)(=O)ON)cc1)c1nc(-c2ccc3c(c2)OCCO3)cs1. The molecule has 3 aromatic rings. The molecule has 2 aromatic carbocycles. The summed E-state index contributed by atoms with van der Waals surface area (Å²) in [6.45, 7) is 6.40. The van der Waals surface area contributed by atoms with Gasteiger partial charge in [0.2, 0.25) is 0 Å². The van der Waals surface area contributed by atoms with Gasteiger partial charge in [-0.15, -0.1) is 11.3 Å². The number of carbonyl (C=O) groups is 1. The highest BCUT2D eigenvalue weighted by molar-refractivity contribution is 7.86. The summed E-state index contributed by atoms with van der Waals surface area (Å²) in [6.07, 6.45) is 0.126. The van der Waals surface area contributed by atoms with Gasteiger partial charge in [-0.3, -0.25) is 4.79 Å². The van der Waals surface area contributed by atoms with Gasteiger partial charge in [-0.2, -0.15) is 18.6 Å². The van der Waals surface area contributed by atoms with Gasteiger partial charge in [-0.1, -0.05) is 32.9 Å². The van der Waals surface area contributed by atoms with Crippen LogP contribution < -0.4 is 21.1 Å². The predicted octanol–water partition coefficient (Wildman–Crippen LogP) is 3.17. The van der Waals surface area contributed by atoms with Crippen LogP contribution in [0.4, 0.5) is 0 Å². The lowest BCUT2D eigenvalue weighted by molar-refractivity contribution is -0.132. The van der Waals surface area contributed by atoms with E-state index in [2.05, 4.69) is 4.28 Å². The molecule has 11 heteroatoms. The average molecular weight is 518 g/mol. The Morgan fingerprint density at radius 1 is 1.09 bits per heavy atom. The smallest absolute Gasteiger partial charge is 0.312 e. The van der Waals surface area contributed by atoms with Crippen LogP contribution in [0.3, 0.4) is 0 Å². The highest BCUT2D eigenvalue weighted by Gasteiger charge is 2.44. The lowest BCUT2D eigenvalue weighted by atomic mass is 9.76. The Morgan fingerprint density at radius 2 is 1.74 bits per heavy atom. The maximum atomic E-state index is 13.6. The van der Waals surface area contributed by atoms with Gasteiger partial charge in [-0.05, 0) is 35.9 Å². The molecule has 1 aliphatic heterocycles. The summed E-state index contributed by atoms with van der Waals surface area (Å²) >= 11 is 1.30. The Bertz CT molecular complexity index is 1350. The van der Waals surface area contributed by atoms with Gasteiger partial charge in [0.25, 0.3) is 0 Å². The number of ketones is 1. The van der Waals surface area contributed by atoms with Crippen molar-refractivity contribution in [1.29, 1.82) is 0 Å². The molecule has 0 saturated carbocycles. The van der Waals surface area contributed by atoms with E-state index >= 15 is 0 Å². The van der Waals surface area contributed by atoms with Crippen LogP contribution in [0.25, 0.3) is 11.3 Å². The second-order valence-electron chi connectivity index (χ2n) is 9.32. The first kappa shape index (κ1) is 25.3. The van der Waals surface area contributed by atoms with Gasteiger partial charge in [0, 0.05) is 22.8 Å². The van der Waals surface area contributed by atoms with Gasteiger partial charge >= 0.3 is 10.1 Å². The summed E-state index contributed by atoms with van der Waals surface area (Å²) in [7, 11) is -4.03. The lowest BCUT2D eigenvalue weighted by Crippen LogP contribution is -2.51. The number of nitrogens with zero attached hydrogens (tertiary/aromatic N) is 1. The summed E-state index contributed by atoms with van der Waals surface area (Å²) in [4.78, 5) is 18.2. The second-order valence-corrected chi connectivity index (χ2v) is 11.7. The molecule has 35 heavy (non-hydrogen) atoms. The van der Waals surface area contributed by atoms with E-state index in [9.17, 15) is 13.2 Å². The van der Waals surface area contributed by atoms with E-state index in [1.165, 1.54) is 23.5 Å². The molecular formula is C24H27N3O6S2. The van der Waals surface area contributed by atoms with Gasteiger partial charge in [0.15, 0.2) is 17.3 Å². The minimum atomic E-state index is -4.03. The molecule has 4 rings (SSSR count). The van der Waals surface area contributed by atoms with Gasteiger partial charge in [0.1, 0.15) is 23.8 Å². The third-order valence-electron chi connectivity index (χ3n) is 5.63. The predicted molar refractivity (Wildman–Crippen MR) is 131 cm³/mol. The van der Waals surface area contributed by atoms with Crippen molar-refractivity contribution in [2.24, 2.45) is 17.0 Å². The molecule has 0 amide bonds. The Labute approximate surface area is 208 Å². The van der Waals surface area contributed by atoms with Gasteiger partial charge < -0.3 is 15.2 Å². The fourth-order valence-corrected chi connectivity index (χ4v) is 5.41. The monoisotopic (exact) mass is 517 g/mol. The first-order valence-electron chi connectivity index (χ1n) is 10.9. The molecule has 1 aromatic heterocycles. The van der Waals surface area contributed by atoms with Crippen LogP contribution in [0.5, 0.6) is 11.5 Å². The number of rotatable bonds is 7. The number of nitrogens with two attached hydrogens (primary N) is 2. The molecule has 1 aliphatic rings. The van der Waals surface area contributed by atoms with E-state index in [1.54, 1.807) is 32.9 Å². The summed E-state index contributed by atoms with van der Waals surface area (Å²) in [5, 5.41) is 2.32. The molecule has 2 heterocycles. The summed E-state index contributed by atoms with van der Waals surface area (Å²) in [5.41, 5.74) is 6.80. The van der Waals surface area contributed by atoms with E-state index in [-0.39, 0.29) is 17.1 Å². The van der Waals surface area contributed by atoms with Crippen molar-refractivity contribution in [3.63, 3.8) is 0 Å². The van der Waals surface area contributed by atoms with Crippen molar-refractivity contribution in [2.75, 3.05) is 13.2 Å². The van der Waals surface area contributed by atoms with Gasteiger partial charge in [-0.25, -0.2) is 4.98 Å². The molecule has 186 valence electrons. The topological polar surface area (TPSA) is 144 Å². The number of carbonyl (C=O) groups excluding carboxylic acids is 1. The van der Waals surface area contributed by atoms with Crippen molar-refractivity contribution in [2.45, 2.75) is 37.6 Å². The largest absolute Gasteiger partial charge is 0.486 e. The van der Waals surface area contributed by atoms with Crippen LogP contribution in [0.2, 0.25) is 0 Å². The van der Waals surface area contributed by atoms with Crippen LogP contribution in [0, 0.1) is 5.41 Å². The Morgan fingerprint density at radius 3 is 2.37 bits per heavy atom. The number of fused-ring (bicyclic) bond motifs is 1. The minimum absolute atomic E-state index is 0.0938. The molecule has 9 nitrogen and oxygen atoms in total. The quantitative estimate of drug-likeness (QED) is 0.452. The summed E-state index contributed by atoms with van der Waals surface area (Å²) < 4.78 is 39.0. The number of hydrogen-bond acceptors (Lipinski definition) is 10. The van der Waals surface area contributed by atoms with Crippen molar-refractivity contribution < 1.29 is 27.0 Å². The normalized spacial score (nSPS) is 15.5. The van der Waals surface area contributed by atoms with E-state index in [0.29, 0.717) is 41.0 Å². The van der Waals surface area contributed by atoms with Gasteiger partial charge in [0.05, 0.1) is 10.6 Å². The molecule has 0 spiro atoms. The van der Waals surface area contributed by atoms with Crippen molar-refractivity contribution in [1.82, 2.24) is 4.98 Å². The number of Topliss-reactive ketones (excluding diaryl/α,β-unsaturated/α-hetero) is 1. The number of thiazole rings is 1. The van der Waals surface area contributed by atoms with Crippen LogP contribution in [0.1, 0.15) is 31.3 Å². The van der Waals surface area contributed by atoms with Crippen molar-refractivity contribution >= 4 is 27.2 Å². The zero-order chi connectivity index (χ0) is 25.4. The van der Waals surface area contributed by atoms with E-state index in [0.717, 1.165) is 5.56 Å². The Hall–Kier alpha value is -2.83. The van der Waals surface area contributed by atoms with Crippen LogP contribution in [-0.4, -0.2) is 32.4 Å². The zero-order valence-corrected chi connectivity index (χ0v) is 21.2. The summed E-state index contributed by atoms with van der Waals surface area (Å²) in [6, 6.07) is 11.5. The minimum Gasteiger partial charge on any atom is -0.486 e. The second kappa shape index (κ2) is 9.32. The van der Waals surface area contributed by atoms with E-state index < -0.39 is 21.1 Å². The Balaban J connectivity index is 1.70. The molecule has 1 atom stereocenters. The maximum absolute atomic E-state index is 13.6. The molecule has 0 unspecified atom stereocenters. The highest BCUT2D eigenvalue weighted by Crippen LogP contribution is 2.38. The van der Waals surface area contributed by atoms with Crippen LogP contribution >= 0.6 is 11.3 Å². The fraction of sp³-hybridized carbons (Fsp3) is 0.333. The number of benzene rings is 2. The van der Waals surface area contributed by atoms with Crippen LogP contribution in [-0.2, 0) is 31.2 Å². The Kier molecular flexibility index (Phi) is 6.73. The zero-order valence-electron chi connectivity index (χ0n) is 19.6. The first-order valence-corrected chi connectivity index (χ1v) is 13.1. The first-order chi connectivity index (χ1) is 16.4. The van der Waals surface area contributed by atoms with Crippen molar-refractivity contribution in [3.05, 3.63) is 58.4 Å². The molecular weight excluding hydrogens is 490 g/mol. The summed E-state index contributed by atoms with van der Waals surface area (Å²) in [5.74, 6) is 5.99. The lowest BCUT2D eigenvalue weighted by Gasteiger charge is -2.32. The molecule has 0 aliphatic carbocycles. The molecule has 0 fully saturated rings. The van der Waals surface area contributed by atoms with Crippen LogP contribution in [0.15, 0.2) is 52.7 Å². The van der Waals surface area contributed by atoms with E-state index in [1.807, 2.05) is 23.6 Å². The van der Waals surface area contributed by atoms with Crippen molar-refractivity contribution in [3.8, 4) is 22.8 Å². The molecule has 0 bridgehead atoms. The highest BCUT2D eigenvalue weighted by atomic mass is 32.2.